The number of hydrogen-bond donors (Lipinski definition) is 1. The zero-order valence-corrected chi connectivity index (χ0v) is 19.7. The van der Waals surface area contributed by atoms with Crippen LogP contribution in [0.4, 0.5) is 22.4 Å². The van der Waals surface area contributed by atoms with Crippen LogP contribution in [0.1, 0.15) is 24.0 Å². The van der Waals surface area contributed by atoms with Crippen molar-refractivity contribution in [3.8, 4) is 0 Å². The van der Waals surface area contributed by atoms with Gasteiger partial charge in [-0.3, -0.25) is 9.46 Å². The Morgan fingerprint density at radius 1 is 1.31 bits per heavy atom. The summed E-state index contributed by atoms with van der Waals surface area (Å²) in [7, 11) is -0.992. The van der Waals surface area contributed by atoms with Gasteiger partial charge < -0.3 is 24.4 Å². The molecule has 0 aromatic heterocycles. The van der Waals surface area contributed by atoms with Crippen molar-refractivity contribution in [3.63, 3.8) is 0 Å². The van der Waals surface area contributed by atoms with Gasteiger partial charge in [0.1, 0.15) is 12.4 Å². The van der Waals surface area contributed by atoms with Crippen LogP contribution < -0.4 is 5.32 Å². The van der Waals surface area contributed by atoms with E-state index in [-0.39, 0.29) is 55.0 Å². The van der Waals surface area contributed by atoms with E-state index in [9.17, 15) is 27.2 Å². The molecule has 3 amide bonds. The van der Waals surface area contributed by atoms with E-state index in [0.29, 0.717) is 51.1 Å². The number of piperidine rings is 1. The number of fused-ring (bicyclic) bond motifs is 3. The molecule has 0 saturated carbocycles. The van der Waals surface area contributed by atoms with Crippen LogP contribution in [0, 0.1) is 5.82 Å². The van der Waals surface area contributed by atoms with Gasteiger partial charge in [-0.1, -0.05) is 6.07 Å². The minimum absolute atomic E-state index is 0.0453. The fraction of sp³-hybridized carbons (Fsp3) is 0.636. The fourth-order valence-electron chi connectivity index (χ4n) is 5.04. The lowest BCUT2D eigenvalue weighted by Crippen LogP contribution is -2.63. The second-order valence-corrected chi connectivity index (χ2v) is 11.3. The summed E-state index contributed by atoms with van der Waals surface area (Å²) in [6.07, 6.45) is -2.86. The molecule has 4 aliphatic rings. The first kappa shape index (κ1) is 24.7. The van der Waals surface area contributed by atoms with Crippen LogP contribution in [0.5, 0.6) is 0 Å². The maximum atomic E-state index is 14.2. The highest BCUT2D eigenvalue weighted by Crippen LogP contribution is 2.51. The molecule has 5 rings (SSSR count). The van der Waals surface area contributed by atoms with Gasteiger partial charge in [-0.15, -0.1) is 0 Å². The molecule has 4 aliphatic heterocycles. The molecule has 13 heteroatoms. The molecule has 0 spiro atoms. The second-order valence-electron chi connectivity index (χ2n) is 9.20. The van der Waals surface area contributed by atoms with Crippen molar-refractivity contribution in [1.29, 1.82) is 0 Å². The van der Waals surface area contributed by atoms with Gasteiger partial charge in [-0.2, -0.15) is 13.2 Å². The number of rotatable bonds is 3. The fourth-order valence-corrected chi connectivity index (χ4v) is 7.48. The molecular formula is C22H26F4N3O5P. The molecule has 0 aliphatic carbocycles. The molecule has 5 atom stereocenters. The first-order valence-corrected chi connectivity index (χ1v) is 13.1. The van der Waals surface area contributed by atoms with Crippen molar-refractivity contribution in [2.45, 2.75) is 49.9 Å². The third kappa shape index (κ3) is 5.26. The van der Waals surface area contributed by atoms with Gasteiger partial charge in [-0.05, 0) is 25.0 Å². The van der Waals surface area contributed by atoms with Gasteiger partial charge in [0.2, 0.25) is 5.91 Å². The lowest BCUT2D eigenvalue weighted by atomic mass is 10.0. The van der Waals surface area contributed by atoms with Crippen molar-refractivity contribution in [2.75, 3.05) is 38.8 Å². The molecule has 4 saturated heterocycles. The Hall–Kier alpha value is -2.01. The summed E-state index contributed by atoms with van der Waals surface area (Å²) in [6.45, 7) is 1.18. The van der Waals surface area contributed by atoms with E-state index in [1.807, 2.05) is 4.67 Å². The van der Waals surface area contributed by atoms with Crippen LogP contribution in [-0.4, -0.2) is 84.6 Å². The number of benzene rings is 1. The molecule has 2 bridgehead atoms. The smallest absolute Gasteiger partial charge is 0.373 e. The highest BCUT2D eigenvalue weighted by molar-refractivity contribution is 7.55. The number of ether oxygens (including phenoxy) is 3. The number of alkyl halides is 3. The average molecular weight is 519 g/mol. The monoisotopic (exact) mass is 519 g/mol. The Morgan fingerprint density at radius 3 is 2.89 bits per heavy atom. The molecule has 35 heavy (non-hydrogen) atoms. The van der Waals surface area contributed by atoms with E-state index in [0.717, 1.165) is 12.1 Å². The lowest BCUT2D eigenvalue weighted by Gasteiger charge is -2.50. The summed E-state index contributed by atoms with van der Waals surface area (Å²) in [5, 5.41) is 2.90. The number of carbonyl (C=O) groups is 2. The second kappa shape index (κ2) is 9.80. The molecule has 1 aromatic carbocycles. The van der Waals surface area contributed by atoms with Gasteiger partial charge >= 0.3 is 12.2 Å². The number of nitrogens with one attached hydrogen (secondary N) is 1. The predicted molar refractivity (Wildman–Crippen MR) is 116 cm³/mol. The lowest BCUT2D eigenvalue weighted by molar-refractivity contribution is -0.140. The molecule has 4 fully saturated rings. The minimum Gasteiger partial charge on any atom is -0.373 e. The standard InChI is InChI=1S/C22H26F4N3O5P/c23-17-5-14(22(24,25)26)2-1-13(17)8-33-16-6-15-9-32-12-35(11-16)29(15)21(31)28-4-3-19-18(7-28)27-20(30)10-34-19/h1-2,5,15-16,18-19H,3-4,6-12H2,(H,27,30)/t15?,16?,18-,19+,35?/m1/s1. The Kier molecular flexibility index (Phi) is 6.91. The van der Waals surface area contributed by atoms with Gasteiger partial charge in [0.05, 0.1) is 49.4 Å². The zero-order valence-electron chi connectivity index (χ0n) is 18.8. The zero-order chi connectivity index (χ0) is 24.7. The summed E-state index contributed by atoms with van der Waals surface area (Å²) >= 11 is 0. The van der Waals surface area contributed by atoms with E-state index >= 15 is 0 Å². The highest BCUT2D eigenvalue weighted by atomic mass is 31.1. The van der Waals surface area contributed by atoms with Crippen LogP contribution >= 0.6 is 8.07 Å². The minimum atomic E-state index is -4.61. The summed E-state index contributed by atoms with van der Waals surface area (Å²) in [5.74, 6) is -1.14. The van der Waals surface area contributed by atoms with Gasteiger partial charge in [0.15, 0.2) is 0 Å². The maximum Gasteiger partial charge on any atom is 0.416 e. The number of hydrogen-bond acceptors (Lipinski definition) is 5. The first-order valence-electron chi connectivity index (χ1n) is 11.5. The molecule has 3 unspecified atom stereocenters. The quantitative estimate of drug-likeness (QED) is 0.491. The Balaban J connectivity index is 1.20. The molecule has 0 radical (unpaired) electrons. The summed E-state index contributed by atoms with van der Waals surface area (Å²) in [5.41, 5.74) is -0.977. The number of halogens is 4. The van der Waals surface area contributed by atoms with Crippen LogP contribution in [0.2, 0.25) is 0 Å². The molecule has 8 nitrogen and oxygen atoms in total. The third-order valence-electron chi connectivity index (χ3n) is 6.80. The summed E-state index contributed by atoms with van der Waals surface area (Å²) < 4.78 is 71.6. The van der Waals surface area contributed by atoms with Gasteiger partial charge in [0, 0.05) is 32.9 Å². The molecule has 4 heterocycles. The normalized spacial score (nSPS) is 31.1. The number of carbonyl (C=O) groups excluding carboxylic acids is 2. The van der Waals surface area contributed by atoms with E-state index in [4.69, 9.17) is 14.2 Å². The number of amides is 3. The van der Waals surface area contributed by atoms with Crippen molar-refractivity contribution in [2.24, 2.45) is 0 Å². The number of urea groups is 1. The SMILES string of the molecule is O=C1CO[C@H]2CCN(C(=O)N3C4COCP3CC(OCc3ccc(C(F)(F)F)cc3F)C4)C[C@H]2N1. The van der Waals surface area contributed by atoms with E-state index < -0.39 is 25.6 Å². The maximum absolute atomic E-state index is 14.2. The van der Waals surface area contributed by atoms with Crippen LogP contribution in [0.3, 0.4) is 0 Å². The number of nitrogens with zero attached hydrogens (tertiary/aromatic N) is 2. The van der Waals surface area contributed by atoms with Crippen molar-refractivity contribution < 1.29 is 41.4 Å². The Labute approximate surface area is 200 Å². The van der Waals surface area contributed by atoms with E-state index in [2.05, 4.69) is 5.32 Å². The first-order chi connectivity index (χ1) is 16.7. The van der Waals surface area contributed by atoms with Gasteiger partial charge in [0.25, 0.3) is 0 Å². The third-order valence-corrected chi connectivity index (χ3v) is 9.21. The van der Waals surface area contributed by atoms with Crippen LogP contribution in [0.15, 0.2) is 18.2 Å². The van der Waals surface area contributed by atoms with Crippen LogP contribution in [0.25, 0.3) is 0 Å². The van der Waals surface area contributed by atoms with E-state index in [1.54, 1.807) is 4.90 Å². The molecule has 1 N–H and O–H groups in total. The average Bonchev–Trinajstić information content (AvgIpc) is 2.81. The summed E-state index contributed by atoms with van der Waals surface area (Å²) in [4.78, 5) is 26.9. The topological polar surface area (TPSA) is 80.3 Å². The van der Waals surface area contributed by atoms with Crippen molar-refractivity contribution >= 4 is 20.0 Å². The van der Waals surface area contributed by atoms with E-state index in [1.165, 1.54) is 0 Å². The predicted octanol–water partition coefficient (Wildman–Crippen LogP) is 2.90. The van der Waals surface area contributed by atoms with Crippen molar-refractivity contribution in [1.82, 2.24) is 14.9 Å². The molecule has 192 valence electrons. The molecule has 1 aromatic rings. The molecular weight excluding hydrogens is 493 g/mol. The van der Waals surface area contributed by atoms with Crippen molar-refractivity contribution in [3.05, 3.63) is 35.1 Å². The Bertz CT molecular complexity index is 969. The highest BCUT2D eigenvalue weighted by Gasteiger charge is 2.45. The van der Waals surface area contributed by atoms with Crippen LogP contribution in [-0.2, 0) is 31.8 Å². The Morgan fingerprint density at radius 2 is 2.14 bits per heavy atom. The number of likely N-dealkylation sites (tertiary alicyclic amines) is 1. The summed E-state index contributed by atoms with van der Waals surface area (Å²) in [6, 6.07) is 1.92. The van der Waals surface area contributed by atoms with Gasteiger partial charge in [-0.25, -0.2) is 9.18 Å². The number of morpholine rings is 1. The largest absolute Gasteiger partial charge is 0.416 e.